The number of nitrogens with zero attached hydrogens (tertiary/aromatic N) is 2. The van der Waals surface area contributed by atoms with E-state index in [-0.39, 0.29) is 5.91 Å². The summed E-state index contributed by atoms with van der Waals surface area (Å²) in [6.45, 7) is 8.09. The highest BCUT2D eigenvalue weighted by Crippen LogP contribution is 2.34. The first-order valence-corrected chi connectivity index (χ1v) is 9.77. The van der Waals surface area contributed by atoms with Crippen molar-refractivity contribution in [2.75, 3.05) is 46.5 Å². The molecule has 1 unspecified atom stereocenters. The van der Waals surface area contributed by atoms with Crippen molar-refractivity contribution in [3.8, 4) is 0 Å². The van der Waals surface area contributed by atoms with Crippen molar-refractivity contribution >= 4 is 17.7 Å². The minimum atomic E-state index is -1.06. The normalized spacial score (nSPS) is 18.2. The fourth-order valence-electron chi connectivity index (χ4n) is 2.61. The number of amides is 1. The molecule has 1 aliphatic rings. The van der Waals surface area contributed by atoms with Gasteiger partial charge in [-0.1, -0.05) is 43.8 Å². The minimum Gasteiger partial charge on any atom is -0.379 e. The van der Waals surface area contributed by atoms with Crippen LogP contribution in [-0.2, 0) is 14.3 Å². The Hall–Kier alpha value is -1.41. The van der Waals surface area contributed by atoms with E-state index in [1.807, 2.05) is 24.3 Å². The zero-order valence-corrected chi connectivity index (χ0v) is 16.6. The van der Waals surface area contributed by atoms with E-state index in [2.05, 4.69) is 35.1 Å². The Morgan fingerprint density at radius 1 is 1.46 bits per heavy atom. The zero-order chi connectivity index (χ0) is 18.8. The molecule has 0 bridgehead atoms. The largest absolute Gasteiger partial charge is 0.379 e. The predicted octanol–water partition coefficient (Wildman–Crippen LogP) is 2.18. The van der Waals surface area contributed by atoms with E-state index in [9.17, 15) is 4.79 Å². The highest BCUT2D eigenvalue weighted by molar-refractivity contribution is 8.01. The van der Waals surface area contributed by atoms with Gasteiger partial charge in [-0.05, 0) is 18.1 Å². The van der Waals surface area contributed by atoms with Gasteiger partial charge in [-0.3, -0.25) is 9.69 Å². The van der Waals surface area contributed by atoms with Crippen LogP contribution in [0.4, 0.5) is 0 Å². The third-order valence-electron chi connectivity index (χ3n) is 4.02. The van der Waals surface area contributed by atoms with E-state index >= 15 is 0 Å². The van der Waals surface area contributed by atoms with Gasteiger partial charge in [0.15, 0.2) is 0 Å². The van der Waals surface area contributed by atoms with Gasteiger partial charge in [-0.2, -0.15) is 0 Å². The van der Waals surface area contributed by atoms with Crippen LogP contribution in [0.1, 0.15) is 13.8 Å². The number of hydrogen-bond acceptors (Lipinski definition) is 6. The summed E-state index contributed by atoms with van der Waals surface area (Å²) in [6.07, 6.45) is 5.77. The van der Waals surface area contributed by atoms with E-state index in [1.165, 1.54) is 11.8 Å². The van der Waals surface area contributed by atoms with E-state index < -0.39 is 4.93 Å². The minimum absolute atomic E-state index is 0.143. The van der Waals surface area contributed by atoms with Gasteiger partial charge in [-0.25, -0.2) is 4.98 Å². The Balaban J connectivity index is 2.13. The number of carbonyl (C=O) groups excluding carboxylic acids is 1. The number of hydrogen-bond donors (Lipinski definition) is 1. The highest BCUT2D eigenvalue weighted by atomic mass is 32.2. The summed E-state index contributed by atoms with van der Waals surface area (Å²) in [4.78, 5) is 18.5. The molecule has 0 saturated carbocycles. The van der Waals surface area contributed by atoms with Crippen LogP contribution in [0.2, 0.25) is 0 Å². The summed E-state index contributed by atoms with van der Waals surface area (Å²) in [7, 11) is 1.58. The van der Waals surface area contributed by atoms with Crippen molar-refractivity contribution in [3.63, 3.8) is 0 Å². The van der Waals surface area contributed by atoms with Crippen molar-refractivity contribution in [2.45, 2.75) is 23.8 Å². The summed E-state index contributed by atoms with van der Waals surface area (Å²) >= 11 is 1.35. The maximum atomic E-state index is 13.0. The van der Waals surface area contributed by atoms with Crippen molar-refractivity contribution in [1.29, 1.82) is 0 Å². The Morgan fingerprint density at radius 2 is 2.23 bits per heavy atom. The molecule has 0 aliphatic carbocycles. The summed E-state index contributed by atoms with van der Waals surface area (Å²) in [6, 6.07) is 5.66. The maximum Gasteiger partial charge on any atom is 0.264 e. The number of morpholine rings is 1. The molecule has 1 atom stereocenters. The molecule has 1 saturated heterocycles. The lowest BCUT2D eigenvalue weighted by Gasteiger charge is -2.36. The van der Waals surface area contributed by atoms with Crippen molar-refractivity contribution in [1.82, 2.24) is 15.2 Å². The second-order valence-electron chi connectivity index (χ2n) is 6.50. The summed E-state index contributed by atoms with van der Waals surface area (Å²) in [5, 5.41) is 3.74. The number of pyridine rings is 1. The van der Waals surface area contributed by atoms with E-state index in [0.29, 0.717) is 32.2 Å². The Kier molecular flexibility index (Phi) is 8.58. The molecule has 2 rings (SSSR count). The van der Waals surface area contributed by atoms with E-state index in [1.54, 1.807) is 13.3 Å². The van der Waals surface area contributed by atoms with E-state index in [4.69, 9.17) is 9.47 Å². The van der Waals surface area contributed by atoms with Gasteiger partial charge in [0.05, 0.1) is 18.2 Å². The first-order valence-electron chi connectivity index (χ1n) is 8.96. The molecular weight excluding hydrogens is 350 g/mol. The molecular formula is C19H29N3O3S. The lowest BCUT2D eigenvalue weighted by molar-refractivity contribution is -0.136. The molecule has 1 aliphatic heterocycles. The van der Waals surface area contributed by atoms with Crippen LogP contribution < -0.4 is 5.32 Å². The topological polar surface area (TPSA) is 63.7 Å². The molecule has 26 heavy (non-hydrogen) atoms. The quantitative estimate of drug-likeness (QED) is 0.403. The van der Waals surface area contributed by atoms with Crippen LogP contribution in [0.3, 0.4) is 0 Å². The van der Waals surface area contributed by atoms with Gasteiger partial charge < -0.3 is 14.8 Å². The first-order chi connectivity index (χ1) is 12.6. The monoisotopic (exact) mass is 379 g/mol. The molecule has 1 amide bonds. The molecule has 7 heteroatoms. The fraction of sp³-hybridized carbons (Fsp3) is 0.579. The first kappa shape index (κ1) is 20.9. The smallest absolute Gasteiger partial charge is 0.264 e. The molecule has 144 valence electrons. The summed E-state index contributed by atoms with van der Waals surface area (Å²) in [5.74, 6) is 0.311. The number of nitrogens with one attached hydrogen (secondary N) is 1. The molecule has 1 N–H and O–H groups in total. The Labute approximate surface area is 160 Å². The van der Waals surface area contributed by atoms with Gasteiger partial charge in [0.1, 0.15) is 0 Å². The number of ether oxygens (including phenoxy) is 2. The average molecular weight is 380 g/mol. The lowest BCUT2D eigenvalue weighted by atomic mass is 10.2. The fourth-order valence-corrected chi connectivity index (χ4v) is 3.70. The Morgan fingerprint density at radius 3 is 2.85 bits per heavy atom. The van der Waals surface area contributed by atoms with Crippen molar-refractivity contribution < 1.29 is 14.3 Å². The van der Waals surface area contributed by atoms with Gasteiger partial charge >= 0.3 is 0 Å². The SMILES string of the molecule is COC(CN1CCOCC1)(Sc1ccccn1)C(=O)NC/C=C/C(C)C. The van der Waals surface area contributed by atoms with Gasteiger partial charge in [0.2, 0.25) is 4.93 Å². The van der Waals surface area contributed by atoms with Gasteiger partial charge in [-0.15, -0.1) is 0 Å². The number of aromatic nitrogens is 1. The van der Waals surface area contributed by atoms with Crippen molar-refractivity contribution in [3.05, 3.63) is 36.5 Å². The molecule has 1 aromatic rings. The molecule has 6 nitrogen and oxygen atoms in total. The molecule has 1 fully saturated rings. The van der Waals surface area contributed by atoms with Crippen molar-refractivity contribution in [2.24, 2.45) is 5.92 Å². The molecule has 0 aromatic carbocycles. The molecule has 0 spiro atoms. The molecule has 1 aromatic heterocycles. The predicted molar refractivity (Wildman–Crippen MR) is 104 cm³/mol. The molecule has 2 heterocycles. The standard InChI is InChI=1S/C19H29N3O3S/c1-16(2)7-6-10-21-18(23)19(24-3,15-22-11-13-25-14-12-22)26-17-8-4-5-9-20-17/h4-9,16H,10-15H2,1-3H3,(H,21,23)/b7-6+. The highest BCUT2D eigenvalue weighted by Gasteiger charge is 2.42. The van der Waals surface area contributed by atoms with Gasteiger partial charge in [0, 0.05) is 39.5 Å². The van der Waals surface area contributed by atoms with Crippen LogP contribution >= 0.6 is 11.8 Å². The van der Waals surface area contributed by atoms with Crippen LogP contribution in [0.25, 0.3) is 0 Å². The summed E-state index contributed by atoms with van der Waals surface area (Å²) < 4.78 is 11.2. The summed E-state index contributed by atoms with van der Waals surface area (Å²) in [5.41, 5.74) is 0. The third kappa shape index (κ3) is 6.39. The van der Waals surface area contributed by atoms with Crippen LogP contribution in [0, 0.1) is 5.92 Å². The Bertz CT molecular complexity index is 577. The number of rotatable bonds is 9. The zero-order valence-electron chi connectivity index (χ0n) is 15.8. The second kappa shape index (κ2) is 10.7. The lowest BCUT2D eigenvalue weighted by Crippen LogP contribution is -2.55. The van der Waals surface area contributed by atoms with Gasteiger partial charge in [0.25, 0.3) is 5.91 Å². The third-order valence-corrected chi connectivity index (χ3v) is 5.28. The average Bonchev–Trinajstić information content (AvgIpc) is 2.66. The van der Waals surface area contributed by atoms with Crippen LogP contribution in [-0.4, -0.2) is 67.2 Å². The number of thioether (sulfide) groups is 1. The van der Waals surface area contributed by atoms with Crippen LogP contribution in [0.15, 0.2) is 41.6 Å². The molecule has 0 radical (unpaired) electrons. The maximum absolute atomic E-state index is 13.0. The number of methoxy groups -OCH3 is 1. The number of allylic oxidation sites excluding steroid dienone is 1. The second-order valence-corrected chi connectivity index (χ2v) is 7.78. The van der Waals surface area contributed by atoms with Crippen LogP contribution in [0.5, 0.6) is 0 Å². The number of carbonyl (C=O) groups is 1. The van der Waals surface area contributed by atoms with E-state index in [0.717, 1.165) is 18.1 Å².